The lowest BCUT2D eigenvalue weighted by Crippen LogP contribution is -2.28. The topological polar surface area (TPSA) is 12.4 Å². The third-order valence-corrected chi connectivity index (χ3v) is 4.98. The van der Waals surface area contributed by atoms with Crippen LogP contribution in [0.3, 0.4) is 0 Å². The Bertz CT molecular complexity index is 171. The number of nitrogens with zero attached hydrogens (tertiary/aromatic N) is 1. The van der Waals surface area contributed by atoms with Crippen molar-refractivity contribution in [1.82, 2.24) is 0 Å². The van der Waals surface area contributed by atoms with Crippen molar-refractivity contribution in [2.75, 3.05) is 0 Å². The maximum absolute atomic E-state index is 4.04. The van der Waals surface area contributed by atoms with Crippen molar-refractivity contribution in [2.24, 2.45) is 22.7 Å². The minimum absolute atomic E-state index is 0.179. The first-order chi connectivity index (χ1) is 6.45. The van der Waals surface area contributed by atoms with E-state index in [2.05, 4.69) is 71.3 Å². The van der Waals surface area contributed by atoms with Crippen molar-refractivity contribution in [3.05, 3.63) is 0 Å². The second kappa shape index (κ2) is 7.00. The van der Waals surface area contributed by atoms with Gasteiger partial charge in [-0.05, 0) is 24.5 Å². The minimum Gasteiger partial charge on any atom is -0.286 e. The first-order valence-corrected chi connectivity index (χ1v) is 7.02. The number of rotatable bonds is 6. The fraction of sp³-hybridized carbons (Fsp3) is 0.909. The third-order valence-electron chi connectivity index (χ3n) is 3.17. The molecule has 0 rings (SSSR count). The molecule has 0 aliphatic carbocycles. The predicted molar refractivity (Wildman–Crippen MR) is 72.8 cm³/mol. The molecule has 14 heavy (non-hydrogen) atoms. The molecule has 5 atom stereocenters. The molecule has 84 valence electrons. The summed E-state index contributed by atoms with van der Waals surface area (Å²) in [6.07, 6.45) is 1.20. The van der Waals surface area contributed by atoms with Crippen LogP contribution in [0.4, 0.5) is 0 Å². The number of hydrogen-bond donors (Lipinski definition) is 0. The molecule has 0 aromatic carbocycles. The number of hydrogen-bond acceptors (Lipinski definition) is 1. The van der Waals surface area contributed by atoms with Gasteiger partial charge >= 0.3 is 0 Å². The van der Waals surface area contributed by atoms with Crippen LogP contribution in [0, 0.1) is 17.8 Å². The summed E-state index contributed by atoms with van der Waals surface area (Å²) in [5.74, 6) is 1.87. The highest BCUT2D eigenvalue weighted by atomic mass is 79.9. The van der Waals surface area contributed by atoms with Crippen molar-refractivity contribution < 1.29 is 0 Å². The van der Waals surface area contributed by atoms with E-state index in [0.717, 1.165) is 0 Å². The van der Waals surface area contributed by atoms with Gasteiger partial charge < -0.3 is 0 Å². The van der Waals surface area contributed by atoms with Crippen LogP contribution in [0.2, 0.25) is 0 Å². The lowest BCUT2D eigenvalue weighted by molar-refractivity contribution is 0.254. The van der Waals surface area contributed by atoms with Gasteiger partial charge in [-0.15, -0.1) is 0 Å². The standard InChI is InChI=1S/C11H21Br2N/c1-6-10(9(4)12)7(2)8(3)11(13)14-5/h7-11H,5-6H2,1-4H3/t7-,8-,9+,10+,11?/m1/s1. The van der Waals surface area contributed by atoms with E-state index in [0.29, 0.717) is 22.6 Å². The van der Waals surface area contributed by atoms with Crippen molar-refractivity contribution in [2.45, 2.75) is 43.9 Å². The fourth-order valence-corrected chi connectivity index (χ4v) is 3.26. The highest BCUT2D eigenvalue weighted by Gasteiger charge is 2.28. The zero-order chi connectivity index (χ0) is 11.3. The number of alkyl halides is 2. The number of halogens is 2. The smallest absolute Gasteiger partial charge is 0.107 e. The van der Waals surface area contributed by atoms with Crippen LogP contribution in [0.25, 0.3) is 0 Å². The van der Waals surface area contributed by atoms with Crippen LogP contribution in [-0.2, 0) is 0 Å². The van der Waals surface area contributed by atoms with Gasteiger partial charge in [0.1, 0.15) is 4.95 Å². The fourth-order valence-electron chi connectivity index (χ4n) is 1.92. The summed E-state index contributed by atoms with van der Waals surface area (Å²) >= 11 is 7.22. The molecular weight excluding hydrogens is 306 g/mol. The van der Waals surface area contributed by atoms with Gasteiger partial charge in [-0.25, -0.2) is 0 Å². The summed E-state index contributed by atoms with van der Waals surface area (Å²) in [4.78, 5) is 4.78. The van der Waals surface area contributed by atoms with E-state index in [9.17, 15) is 0 Å². The Kier molecular flexibility index (Phi) is 7.31. The lowest BCUT2D eigenvalue weighted by Gasteiger charge is -2.31. The molecule has 0 aliphatic rings. The van der Waals surface area contributed by atoms with E-state index in [1.807, 2.05) is 0 Å². The van der Waals surface area contributed by atoms with E-state index in [1.54, 1.807) is 0 Å². The summed E-state index contributed by atoms with van der Waals surface area (Å²) in [6, 6.07) is 0. The molecule has 0 heterocycles. The quantitative estimate of drug-likeness (QED) is 0.387. The monoisotopic (exact) mass is 325 g/mol. The Morgan fingerprint density at radius 1 is 1.14 bits per heavy atom. The second-order valence-electron chi connectivity index (χ2n) is 4.02. The molecule has 0 aromatic rings. The van der Waals surface area contributed by atoms with Gasteiger partial charge in [0.2, 0.25) is 0 Å². The van der Waals surface area contributed by atoms with Gasteiger partial charge in [-0.3, -0.25) is 4.99 Å². The Hall–Kier alpha value is 0.630. The van der Waals surface area contributed by atoms with E-state index >= 15 is 0 Å². The molecular formula is C11H21Br2N. The van der Waals surface area contributed by atoms with Gasteiger partial charge in [0.25, 0.3) is 0 Å². The Balaban J connectivity index is 4.40. The van der Waals surface area contributed by atoms with Crippen LogP contribution in [-0.4, -0.2) is 16.5 Å². The average molecular weight is 327 g/mol. The SMILES string of the molecule is C=NC(Br)[C@H](C)[C@@H](C)[C@H](CC)[C@H](C)Br. The Labute approximate surface area is 105 Å². The molecule has 1 nitrogen and oxygen atoms in total. The molecule has 0 saturated heterocycles. The van der Waals surface area contributed by atoms with Crippen LogP contribution >= 0.6 is 31.9 Å². The number of aliphatic imine (C=N–C) groups is 1. The van der Waals surface area contributed by atoms with E-state index in [4.69, 9.17) is 0 Å². The molecule has 3 heteroatoms. The van der Waals surface area contributed by atoms with Crippen molar-refractivity contribution in [1.29, 1.82) is 0 Å². The van der Waals surface area contributed by atoms with Crippen LogP contribution < -0.4 is 0 Å². The van der Waals surface area contributed by atoms with E-state index < -0.39 is 0 Å². The maximum atomic E-state index is 4.04. The predicted octanol–water partition coefficient (Wildman–Crippen LogP) is 4.49. The van der Waals surface area contributed by atoms with Gasteiger partial charge in [-0.1, -0.05) is 66.0 Å². The van der Waals surface area contributed by atoms with E-state index in [-0.39, 0.29) is 4.95 Å². The van der Waals surface area contributed by atoms with Crippen molar-refractivity contribution in [3.8, 4) is 0 Å². The molecule has 0 saturated carbocycles. The van der Waals surface area contributed by atoms with Crippen LogP contribution in [0.1, 0.15) is 34.1 Å². The van der Waals surface area contributed by atoms with Gasteiger partial charge in [0.05, 0.1) is 0 Å². The molecule has 0 bridgehead atoms. The first kappa shape index (κ1) is 14.6. The maximum Gasteiger partial charge on any atom is 0.107 e. The average Bonchev–Trinajstić information content (AvgIpc) is 2.15. The summed E-state index contributed by atoms with van der Waals surface area (Å²) in [6.45, 7) is 12.6. The van der Waals surface area contributed by atoms with Gasteiger partial charge in [0.15, 0.2) is 0 Å². The first-order valence-electron chi connectivity index (χ1n) is 5.19. The normalized spacial score (nSPS) is 22.1. The van der Waals surface area contributed by atoms with Crippen molar-refractivity contribution in [3.63, 3.8) is 0 Å². The summed E-state index contributed by atoms with van der Waals surface area (Å²) in [5.41, 5.74) is 0. The highest BCUT2D eigenvalue weighted by molar-refractivity contribution is 9.09. The van der Waals surface area contributed by atoms with Crippen molar-refractivity contribution >= 4 is 38.6 Å². The Morgan fingerprint density at radius 3 is 1.93 bits per heavy atom. The molecule has 0 fully saturated rings. The Morgan fingerprint density at radius 2 is 1.64 bits per heavy atom. The van der Waals surface area contributed by atoms with E-state index in [1.165, 1.54) is 6.42 Å². The summed E-state index contributed by atoms with van der Waals surface area (Å²) in [5, 5.41) is 0. The zero-order valence-electron chi connectivity index (χ0n) is 9.50. The summed E-state index contributed by atoms with van der Waals surface area (Å²) < 4.78 is 0. The van der Waals surface area contributed by atoms with Crippen LogP contribution in [0.5, 0.6) is 0 Å². The molecule has 0 aromatic heterocycles. The van der Waals surface area contributed by atoms with Gasteiger partial charge in [-0.2, -0.15) is 0 Å². The third kappa shape index (κ3) is 4.01. The molecule has 0 N–H and O–H groups in total. The second-order valence-corrected chi connectivity index (χ2v) is 6.41. The van der Waals surface area contributed by atoms with Crippen LogP contribution in [0.15, 0.2) is 4.99 Å². The molecule has 0 aliphatic heterocycles. The molecule has 0 spiro atoms. The minimum atomic E-state index is 0.179. The molecule has 0 amide bonds. The highest BCUT2D eigenvalue weighted by Crippen LogP contribution is 2.33. The zero-order valence-corrected chi connectivity index (χ0v) is 12.7. The van der Waals surface area contributed by atoms with Gasteiger partial charge in [0, 0.05) is 4.83 Å². The lowest BCUT2D eigenvalue weighted by atomic mass is 9.81. The molecule has 1 unspecified atom stereocenters. The summed E-state index contributed by atoms with van der Waals surface area (Å²) in [7, 11) is 0. The largest absolute Gasteiger partial charge is 0.286 e. The molecule has 0 radical (unpaired) electrons.